The molecule has 1 aromatic heterocycles. The minimum absolute atomic E-state index is 0.0864. The molecular weight excluding hydrogens is 222 g/mol. The molecule has 0 atom stereocenters. The maximum absolute atomic E-state index is 13.4. The van der Waals surface area contributed by atoms with E-state index >= 15 is 0 Å². The van der Waals surface area contributed by atoms with Crippen molar-refractivity contribution in [1.29, 1.82) is 0 Å². The Morgan fingerprint density at radius 1 is 1.40 bits per heavy atom. The van der Waals surface area contributed by atoms with E-state index in [-0.39, 0.29) is 5.56 Å². The number of hydrogen-bond acceptors (Lipinski definition) is 1. The minimum atomic E-state index is -3.01. The molecule has 0 aliphatic rings. The second-order valence-corrected chi connectivity index (χ2v) is 3.74. The lowest BCUT2D eigenvalue weighted by Gasteiger charge is -2.12. The summed E-state index contributed by atoms with van der Waals surface area (Å²) in [6.07, 6.45) is 1.27. The Morgan fingerprint density at radius 2 is 2.13 bits per heavy atom. The standard InChI is InChI=1S/C10H9ClF2N2/c11-6-1-2-7-8(10(12,13)5-14)4-15-9(7)3-6/h1-4,15H,5,14H2. The zero-order chi connectivity index (χ0) is 11.1. The van der Waals surface area contributed by atoms with Crippen LogP contribution in [0.5, 0.6) is 0 Å². The topological polar surface area (TPSA) is 41.8 Å². The van der Waals surface area contributed by atoms with Gasteiger partial charge in [-0.25, -0.2) is 0 Å². The van der Waals surface area contributed by atoms with Crippen molar-refractivity contribution < 1.29 is 8.78 Å². The summed E-state index contributed by atoms with van der Waals surface area (Å²) in [7, 11) is 0. The molecule has 0 spiro atoms. The van der Waals surface area contributed by atoms with E-state index in [1.165, 1.54) is 6.20 Å². The summed E-state index contributed by atoms with van der Waals surface area (Å²) in [6, 6.07) is 4.74. The number of fused-ring (bicyclic) bond motifs is 1. The van der Waals surface area contributed by atoms with Gasteiger partial charge in [0, 0.05) is 27.7 Å². The summed E-state index contributed by atoms with van der Waals surface area (Å²) in [4.78, 5) is 2.75. The van der Waals surface area contributed by atoms with Crippen LogP contribution in [-0.2, 0) is 5.92 Å². The molecule has 0 amide bonds. The zero-order valence-electron chi connectivity index (χ0n) is 7.73. The van der Waals surface area contributed by atoms with Crippen molar-refractivity contribution in [2.45, 2.75) is 5.92 Å². The van der Waals surface area contributed by atoms with Gasteiger partial charge in [-0.2, -0.15) is 8.78 Å². The van der Waals surface area contributed by atoms with E-state index in [2.05, 4.69) is 4.98 Å². The largest absolute Gasteiger partial charge is 0.361 e. The maximum atomic E-state index is 13.4. The predicted molar refractivity (Wildman–Crippen MR) is 56.3 cm³/mol. The third kappa shape index (κ3) is 1.70. The van der Waals surface area contributed by atoms with Crippen LogP contribution in [-0.4, -0.2) is 11.5 Å². The molecule has 2 rings (SSSR count). The van der Waals surface area contributed by atoms with Gasteiger partial charge in [-0.3, -0.25) is 0 Å². The average Bonchev–Trinajstić information content (AvgIpc) is 2.61. The van der Waals surface area contributed by atoms with Gasteiger partial charge in [0.25, 0.3) is 5.92 Å². The molecule has 2 aromatic rings. The first-order valence-electron chi connectivity index (χ1n) is 4.39. The quantitative estimate of drug-likeness (QED) is 0.819. The van der Waals surface area contributed by atoms with Crippen molar-refractivity contribution >= 4 is 22.5 Å². The number of hydrogen-bond donors (Lipinski definition) is 2. The summed E-state index contributed by atoms with van der Waals surface area (Å²) in [6.45, 7) is -0.706. The fourth-order valence-electron chi connectivity index (χ4n) is 1.51. The summed E-state index contributed by atoms with van der Waals surface area (Å²) in [5, 5.41) is 0.960. The Morgan fingerprint density at radius 3 is 2.80 bits per heavy atom. The Hall–Kier alpha value is -1.13. The molecule has 0 unspecified atom stereocenters. The number of alkyl halides is 2. The van der Waals surface area contributed by atoms with Crippen molar-refractivity contribution in [2.75, 3.05) is 6.54 Å². The van der Waals surface area contributed by atoms with Crippen molar-refractivity contribution in [3.05, 3.63) is 35.0 Å². The number of rotatable bonds is 2. The Bertz CT molecular complexity index is 493. The molecule has 1 heterocycles. The third-order valence-corrected chi connectivity index (χ3v) is 2.53. The molecule has 0 aliphatic carbocycles. The summed E-state index contributed by atoms with van der Waals surface area (Å²) in [5.74, 6) is -3.01. The normalized spacial score (nSPS) is 12.3. The van der Waals surface area contributed by atoms with Crippen LogP contribution in [0.3, 0.4) is 0 Å². The number of aromatic amines is 1. The predicted octanol–water partition coefficient (Wildman–Crippen LogP) is 2.87. The number of nitrogens with one attached hydrogen (secondary N) is 1. The molecule has 2 nitrogen and oxygen atoms in total. The van der Waals surface area contributed by atoms with E-state index in [1.54, 1.807) is 18.2 Å². The van der Waals surface area contributed by atoms with Crippen LogP contribution in [0.25, 0.3) is 10.9 Å². The number of benzene rings is 1. The highest BCUT2D eigenvalue weighted by atomic mass is 35.5. The lowest BCUT2D eigenvalue weighted by molar-refractivity contribution is 0.00754. The summed E-state index contributed by atoms with van der Waals surface area (Å²) in [5.41, 5.74) is 5.53. The van der Waals surface area contributed by atoms with E-state index in [1.807, 2.05) is 0 Å². The number of nitrogens with two attached hydrogens (primary N) is 1. The highest BCUT2D eigenvalue weighted by molar-refractivity contribution is 6.31. The highest BCUT2D eigenvalue weighted by Gasteiger charge is 2.32. The molecule has 0 aliphatic heterocycles. The van der Waals surface area contributed by atoms with Crippen LogP contribution < -0.4 is 5.73 Å². The maximum Gasteiger partial charge on any atom is 0.287 e. The first-order chi connectivity index (χ1) is 7.04. The highest BCUT2D eigenvalue weighted by Crippen LogP contribution is 2.33. The molecule has 0 fully saturated rings. The van der Waals surface area contributed by atoms with E-state index < -0.39 is 12.5 Å². The molecule has 15 heavy (non-hydrogen) atoms. The van der Waals surface area contributed by atoms with Gasteiger partial charge in [0.2, 0.25) is 0 Å². The van der Waals surface area contributed by atoms with Gasteiger partial charge in [-0.05, 0) is 12.1 Å². The fraction of sp³-hybridized carbons (Fsp3) is 0.200. The first kappa shape index (κ1) is 10.4. The van der Waals surface area contributed by atoms with Gasteiger partial charge in [-0.1, -0.05) is 17.7 Å². The molecule has 0 bridgehead atoms. The summed E-state index contributed by atoms with van der Waals surface area (Å²) < 4.78 is 26.7. The Labute approximate surface area is 90.0 Å². The molecule has 0 saturated carbocycles. The van der Waals surface area contributed by atoms with Gasteiger partial charge >= 0.3 is 0 Å². The zero-order valence-corrected chi connectivity index (χ0v) is 8.48. The lowest BCUT2D eigenvalue weighted by Crippen LogP contribution is -2.24. The van der Waals surface area contributed by atoms with Crippen molar-refractivity contribution in [3.8, 4) is 0 Å². The smallest absolute Gasteiger partial charge is 0.287 e. The van der Waals surface area contributed by atoms with E-state index in [4.69, 9.17) is 17.3 Å². The van der Waals surface area contributed by atoms with Crippen LogP contribution in [0, 0.1) is 0 Å². The van der Waals surface area contributed by atoms with E-state index in [9.17, 15) is 8.78 Å². The number of H-pyrrole nitrogens is 1. The lowest BCUT2D eigenvalue weighted by atomic mass is 10.1. The SMILES string of the molecule is NCC(F)(F)c1c[nH]c2cc(Cl)ccc12. The Balaban J connectivity index is 2.64. The van der Waals surface area contributed by atoms with Crippen molar-refractivity contribution in [2.24, 2.45) is 5.73 Å². The van der Waals surface area contributed by atoms with Crippen molar-refractivity contribution in [3.63, 3.8) is 0 Å². The monoisotopic (exact) mass is 230 g/mol. The van der Waals surface area contributed by atoms with Crippen LogP contribution in [0.4, 0.5) is 8.78 Å². The molecule has 80 valence electrons. The number of halogens is 3. The molecule has 0 radical (unpaired) electrons. The summed E-state index contributed by atoms with van der Waals surface area (Å²) >= 11 is 5.74. The third-order valence-electron chi connectivity index (χ3n) is 2.29. The second-order valence-electron chi connectivity index (χ2n) is 3.30. The van der Waals surface area contributed by atoms with Gasteiger partial charge in [0.15, 0.2) is 0 Å². The number of aromatic nitrogens is 1. The minimum Gasteiger partial charge on any atom is -0.361 e. The van der Waals surface area contributed by atoms with Gasteiger partial charge < -0.3 is 10.7 Å². The van der Waals surface area contributed by atoms with E-state index in [0.29, 0.717) is 15.9 Å². The molecule has 3 N–H and O–H groups in total. The second kappa shape index (κ2) is 3.47. The van der Waals surface area contributed by atoms with Crippen LogP contribution in [0.1, 0.15) is 5.56 Å². The van der Waals surface area contributed by atoms with E-state index in [0.717, 1.165) is 0 Å². The Kier molecular flexibility index (Phi) is 2.40. The molecule has 1 aromatic carbocycles. The van der Waals surface area contributed by atoms with Crippen molar-refractivity contribution in [1.82, 2.24) is 4.98 Å². The average molecular weight is 231 g/mol. The van der Waals surface area contributed by atoms with Gasteiger partial charge in [0.1, 0.15) is 0 Å². The van der Waals surface area contributed by atoms with Gasteiger partial charge in [-0.15, -0.1) is 0 Å². The molecular formula is C10H9ClF2N2. The van der Waals surface area contributed by atoms with Crippen LogP contribution >= 0.6 is 11.6 Å². The fourth-order valence-corrected chi connectivity index (χ4v) is 1.68. The molecule has 5 heteroatoms. The van der Waals surface area contributed by atoms with Crippen LogP contribution in [0.15, 0.2) is 24.4 Å². The van der Waals surface area contributed by atoms with Gasteiger partial charge in [0.05, 0.1) is 6.54 Å². The molecule has 0 saturated heterocycles. The first-order valence-corrected chi connectivity index (χ1v) is 4.77. The van der Waals surface area contributed by atoms with Crippen LogP contribution in [0.2, 0.25) is 5.02 Å².